The third-order valence-electron chi connectivity index (χ3n) is 4.06. The number of carbonyl (C=O) groups excluding carboxylic acids is 1. The van der Waals surface area contributed by atoms with Crippen LogP contribution in [-0.2, 0) is 7.05 Å². The monoisotopic (exact) mass is 380 g/mol. The number of nitrogens with zero attached hydrogens (tertiary/aromatic N) is 2. The van der Waals surface area contributed by atoms with E-state index < -0.39 is 11.5 Å². The van der Waals surface area contributed by atoms with Gasteiger partial charge in [-0.25, -0.2) is 4.68 Å². The fourth-order valence-electron chi connectivity index (χ4n) is 2.62. The van der Waals surface area contributed by atoms with Crippen LogP contribution in [0, 0.1) is 0 Å². The molecule has 0 atom stereocenters. The van der Waals surface area contributed by atoms with Crippen LogP contribution < -0.4 is 30.2 Å². The Morgan fingerprint density at radius 2 is 1.93 bits per heavy atom. The van der Waals surface area contributed by atoms with Crippen molar-refractivity contribution in [2.45, 2.75) is 0 Å². The quantitative estimate of drug-likeness (QED) is 0.707. The van der Waals surface area contributed by atoms with Crippen molar-refractivity contribution in [2.75, 3.05) is 12.1 Å². The lowest BCUT2D eigenvalue weighted by Gasteiger charge is -2.14. The molecule has 4 rings (SSSR count). The van der Waals surface area contributed by atoms with Gasteiger partial charge in [-0.1, -0.05) is 12.1 Å². The molecule has 3 aromatic rings. The first-order chi connectivity index (χ1) is 13.5. The summed E-state index contributed by atoms with van der Waals surface area (Å²) >= 11 is 0. The van der Waals surface area contributed by atoms with E-state index in [0.29, 0.717) is 22.9 Å². The number of benzene rings is 2. The molecule has 9 heteroatoms. The van der Waals surface area contributed by atoms with E-state index in [2.05, 4.69) is 10.4 Å². The van der Waals surface area contributed by atoms with Crippen molar-refractivity contribution in [1.29, 1.82) is 0 Å². The zero-order chi connectivity index (χ0) is 19.7. The molecule has 28 heavy (non-hydrogen) atoms. The second-order valence-corrected chi connectivity index (χ2v) is 5.92. The third kappa shape index (κ3) is 3.32. The first-order valence-corrected chi connectivity index (χ1v) is 8.23. The Balaban J connectivity index is 1.66. The third-order valence-corrected chi connectivity index (χ3v) is 4.06. The van der Waals surface area contributed by atoms with E-state index >= 15 is 0 Å². The molecule has 2 aromatic carbocycles. The molecule has 2 heterocycles. The molecule has 0 saturated heterocycles. The van der Waals surface area contributed by atoms with Gasteiger partial charge in [0, 0.05) is 18.8 Å². The van der Waals surface area contributed by atoms with Crippen LogP contribution in [0.5, 0.6) is 23.0 Å². The van der Waals surface area contributed by atoms with E-state index in [1.165, 1.54) is 37.5 Å². The average Bonchev–Trinajstić information content (AvgIpc) is 3.16. The maximum Gasteiger partial charge on any atom is 0.294 e. The molecular weight excluding hydrogens is 366 g/mol. The molecule has 0 unspecified atom stereocenters. The van der Waals surface area contributed by atoms with E-state index in [-0.39, 0.29) is 23.8 Å². The lowest BCUT2D eigenvalue weighted by molar-refractivity contribution is -0.255. The molecule has 0 fully saturated rings. The van der Waals surface area contributed by atoms with Crippen LogP contribution in [0.1, 0.15) is 10.4 Å². The van der Waals surface area contributed by atoms with Crippen LogP contribution in [-0.4, -0.2) is 22.5 Å². The zero-order valence-corrected chi connectivity index (χ0v) is 14.7. The summed E-state index contributed by atoms with van der Waals surface area (Å²) in [5, 5.41) is 17.8. The molecular formula is C19H14N3O6-. The van der Waals surface area contributed by atoms with Crippen LogP contribution in [0.15, 0.2) is 53.5 Å². The molecule has 0 bridgehead atoms. The summed E-state index contributed by atoms with van der Waals surface area (Å²) in [6.07, 6.45) is 1.41. The Hall–Kier alpha value is -4.01. The van der Waals surface area contributed by atoms with E-state index in [1.54, 1.807) is 18.2 Å². The number of anilines is 2. The summed E-state index contributed by atoms with van der Waals surface area (Å²) < 4.78 is 17.6. The summed E-state index contributed by atoms with van der Waals surface area (Å²) in [7, 11) is 1.51. The van der Waals surface area contributed by atoms with Crippen molar-refractivity contribution in [3.63, 3.8) is 0 Å². The number of carboxylic acids is 1. The highest BCUT2D eigenvalue weighted by Crippen LogP contribution is 2.37. The molecule has 0 amide bonds. The van der Waals surface area contributed by atoms with Crippen molar-refractivity contribution in [3.05, 3.63) is 64.6 Å². The van der Waals surface area contributed by atoms with Crippen LogP contribution in [0.3, 0.4) is 0 Å². The lowest BCUT2D eigenvalue weighted by atomic mass is 10.2. The number of hydrogen-bond acceptors (Lipinski definition) is 8. The number of carboxylic acid groups (broad SMARTS) is 1. The van der Waals surface area contributed by atoms with Crippen molar-refractivity contribution in [3.8, 4) is 23.0 Å². The molecule has 0 spiro atoms. The fourth-order valence-corrected chi connectivity index (χ4v) is 2.62. The van der Waals surface area contributed by atoms with Crippen LogP contribution >= 0.6 is 0 Å². The maximum atomic E-state index is 12.6. The minimum absolute atomic E-state index is 0.0324. The van der Waals surface area contributed by atoms with E-state index in [4.69, 9.17) is 14.2 Å². The number of carbonyl (C=O) groups is 1. The number of nitrogens with one attached hydrogen (secondary N) is 1. The van der Waals surface area contributed by atoms with Gasteiger partial charge in [-0.05, 0) is 29.8 Å². The van der Waals surface area contributed by atoms with Gasteiger partial charge in [0.1, 0.15) is 5.75 Å². The minimum Gasteiger partial charge on any atom is -0.545 e. The molecule has 1 aliphatic rings. The average molecular weight is 380 g/mol. The van der Waals surface area contributed by atoms with Gasteiger partial charge in [0.15, 0.2) is 22.9 Å². The summed E-state index contributed by atoms with van der Waals surface area (Å²) in [5.41, 5.74) is 0.271. The maximum absolute atomic E-state index is 12.6. The van der Waals surface area contributed by atoms with Crippen molar-refractivity contribution < 1.29 is 24.1 Å². The van der Waals surface area contributed by atoms with Gasteiger partial charge in [-0.2, -0.15) is 5.10 Å². The molecule has 1 aliphatic heterocycles. The Morgan fingerprint density at radius 3 is 2.68 bits per heavy atom. The normalized spacial score (nSPS) is 11.9. The summed E-state index contributed by atoms with van der Waals surface area (Å²) in [5.74, 6) is 0.515. The molecule has 0 aliphatic carbocycles. The Labute approximate surface area is 158 Å². The van der Waals surface area contributed by atoms with Gasteiger partial charge in [0.25, 0.3) is 5.56 Å². The number of ether oxygens (including phenoxy) is 3. The van der Waals surface area contributed by atoms with Crippen molar-refractivity contribution >= 4 is 17.3 Å². The number of rotatable bonds is 5. The molecule has 1 aromatic heterocycles. The Kier molecular flexibility index (Phi) is 4.32. The van der Waals surface area contributed by atoms with Crippen molar-refractivity contribution in [1.82, 2.24) is 9.78 Å². The lowest BCUT2D eigenvalue weighted by Crippen LogP contribution is -2.23. The highest BCUT2D eigenvalue weighted by Gasteiger charge is 2.17. The fraction of sp³-hybridized carbons (Fsp3) is 0.105. The van der Waals surface area contributed by atoms with E-state index in [9.17, 15) is 14.7 Å². The first kappa shape index (κ1) is 17.4. The number of aromatic nitrogens is 2. The Bertz CT molecular complexity index is 1110. The number of aromatic carboxylic acids is 1. The van der Waals surface area contributed by atoms with Gasteiger partial charge in [-0.3, -0.25) is 4.79 Å². The van der Waals surface area contributed by atoms with Gasteiger partial charge >= 0.3 is 0 Å². The standard InChI is InChI=1S/C19H15N3O6/c1-22-18(23)17(21-12-4-2-11(3-5-12)19(24)25)16(9-20-22)28-13-6-7-14-15(8-13)27-10-26-14/h2-9,21H,10H2,1H3,(H,24,25)/p-1. The first-order valence-electron chi connectivity index (χ1n) is 8.23. The van der Waals surface area contributed by atoms with Crippen molar-refractivity contribution in [2.24, 2.45) is 7.05 Å². The second kappa shape index (κ2) is 6.95. The summed E-state index contributed by atoms with van der Waals surface area (Å²) in [6, 6.07) is 10.8. The molecule has 9 nitrogen and oxygen atoms in total. The molecule has 142 valence electrons. The predicted molar refractivity (Wildman–Crippen MR) is 96.2 cm³/mol. The van der Waals surface area contributed by atoms with Gasteiger partial charge in [-0.15, -0.1) is 0 Å². The van der Waals surface area contributed by atoms with Crippen LogP contribution in [0.2, 0.25) is 0 Å². The van der Waals surface area contributed by atoms with E-state index in [0.717, 1.165) is 4.68 Å². The predicted octanol–water partition coefficient (Wildman–Crippen LogP) is 1.41. The number of fused-ring (bicyclic) bond motifs is 1. The van der Waals surface area contributed by atoms with Gasteiger partial charge in [0.05, 0.1) is 12.2 Å². The van der Waals surface area contributed by atoms with Crippen LogP contribution in [0.4, 0.5) is 11.4 Å². The number of aryl methyl sites for hydroxylation is 1. The highest BCUT2D eigenvalue weighted by atomic mass is 16.7. The highest BCUT2D eigenvalue weighted by molar-refractivity contribution is 5.86. The van der Waals surface area contributed by atoms with Gasteiger partial charge in [0.2, 0.25) is 6.79 Å². The largest absolute Gasteiger partial charge is 0.545 e. The van der Waals surface area contributed by atoms with Gasteiger partial charge < -0.3 is 29.4 Å². The molecule has 1 N–H and O–H groups in total. The molecule has 0 saturated carbocycles. The number of hydrogen-bond donors (Lipinski definition) is 1. The van der Waals surface area contributed by atoms with Crippen LogP contribution in [0.25, 0.3) is 0 Å². The SMILES string of the molecule is Cn1ncc(Oc2ccc3c(c2)OCO3)c(Nc2ccc(C(=O)[O-])cc2)c1=O. The summed E-state index contributed by atoms with van der Waals surface area (Å²) in [6.45, 7) is 0.140. The minimum atomic E-state index is -1.28. The Morgan fingerprint density at radius 1 is 1.18 bits per heavy atom. The smallest absolute Gasteiger partial charge is 0.294 e. The summed E-state index contributed by atoms with van der Waals surface area (Å²) in [4.78, 5) is 23.4. The van der Waals surface area contributed by atoms with E-state index in [1.807, 2.05) is 0 Å². The second-order valence-electron chi connectivity index (χ2n) is 5.92. The molecule has 0 radical (unpaired) electrons. The zero-order valence-electron chi connectivity index (χ0n) is 14.7. The topological polar surface area (TPSA) is 115 Å².